The first-order chi connectivity index (χ1) is 15.8. The molecular weight excluding hydrogens is 426 g/mol. The van der Waals surface area contributed by atoms with E-state index in [1.54, 1.807) is 36.4 Å². The summed E-state index contributed by atoms with van der Waals surface area (Å²) in [4.78, 5) is 12.0. The van der Waals surface area contributed by atoms with E-state index in [9.17, 15) is 13.6 Å². The number of nitrogens with two attached hydrogens (primary N) is 2. The van der Waals surface area contributed by atoms with Gasteiger partial charge in [0, 0.05) is 23.0 Å². The fraction of sp³-hybridized carbons (Fsp3) is 0.423. The van der Waals surface area contributed by atoms with E-state index in [1.165, 1.54) is 18.2 Å². The summed E-state index contributed by atoms with van der Waals surface area (Å²) in [7, 11) is 0. The standard InChI is InChI=1S/C26H32F2N2O3/c1-2-3-18-4-10-21(11-5-18)26(27,28)33-23-13-6-19(7-14-23)8-15-25(31)32-17-20-9-12-22(29)16-24(20)30/h6-9,12-16,18,21H,2-5,10-11,17,29-30H2,1H3/b15-8+. The average molecular weight is 459 g/mol. The van der Waals surface area contributed by atoms with E-state index in [-0.39, 0.29) is 12.4 Å². The highest BCUT2D eigenvalue weighted by Gasteiger charge is 2.43. The molecule has 0 saturated heterocycles. The maximum atomic E-state index is 14.6. The Hall–Kier alpha value is -3.09. The summed E-state index contributed by atoms with van der Waals surface area (Å²) in [5.41, 5.74) is 13.8. The first-order valence-electron chi connectivity index (χ1n) is 11.4. The van der Waals surface area contributed by atoms with Crippen molar-refractivity contribution < 1.29 is 23.0 Å². The molecule has 1 aliphatic carbocycles. The van der Waals surface area contributed by atoms with E-state index in [0.717, 1.165) is 25.7 Å². The third kappa shape index (κ3) is 7.20. The van der Waals surface area contributed by atoms with Crippen molar-refractivity contribution in [1.29, 1.82) is 0 Å². The summed E-state index contributed by atoms with van der Waals surface area (Å²) < 4.78 is 39.5. The van der Waals surface area contributed by atoms with Crippen LogP contribution in [0.4, 0.5) is 20.2 Å². The molecule has 33 heavy (non-hydrogen) atoms. The molecule has 0 aliphatic heterocycles. The molecular formula is C26H32F2N2O3. The predicted molar refractivity (Wildman–Crippen MR) is 126 cm³/mol. The van der Waals surface area contributed by atoms with Crippen molar-refractivity contribution in [2.75, 3.05) is 11.5 Å². The number of halogens is 2. The van der Waals surface area contributed by atoms with Gasteiger partial charge in [-0.3, -0.25) is 0 Å². The summed E-state index contributed by atoms with van der Waals surface area (Å²) in [6.45, 7) is 2.15. The molecule has 7 heteroatoms. The normalized spacial score (nSPS) is 18.9. The van der Waals surface area contributed by atoms with Gasteiger partial charge in [0.2, 0.25) is 0 Å². The molecule has 0 atom stereocenters. The number of esters is 1. The van der Waals surface area contributed by atoms with Gasteiger partial charge >= 0.3 is 12.1 Å². The number of benzene rings is 2. The quantitative estimate of drug-likeness (QED) is 0.266. The minimum absolute atomic E-state index is 0.0253. The van der Waals surface area contributed by atoms with Gasteiger partial charge in [0.1, 0.15) is 12.4 Å². The number of carbonyl (C=O) groups excluding carboxylic acids is 1. The first kappa shape index (κ1) is 24.6. The minimum Gasteiger partial charge on any atom is -0.458 e. The van der Waals surface area contributed by atoms with Crippen LogP contribution in [0.2, 0.25) is 0 Å². The van der Waals surface area contributed by atoms with Crippen LogP contribution in [-0.4, -0.2) is 12.1 Å². The second kappa shape index (κ2) is 11.2. The summed E-state index contributed by atoms with van der Waals surface area (Å²) >= 11 is 0. The molecule has 2 aromatic carbocycles. The van der Waals surface area contributed by atoms with Crippen LogP contribution in [-0.2, 0) is 16.1 Å². The fourth-order valence-corrected chi connectivity index (χ4v) is 4.19. The van der Waals surface area contributed by atoms with Gasteiger partial charge in [0.15, 0.2) is 0 Å². The highest BCUT2D eigenvalue weighted by molar-refractivity contribution is 5.87. The van der Waals surface area contributed by atoms with Crippen LogP contribution >= 0.6 is 0 Å². The topological polar surface area (TPSA) is 87.6 Å². The van der Waals surface area contributed by atoms with Crippen molar-refractivity contribution in [2.24, 2.45) is 11.8 Å². The Balaban J connectivity index is 1.49. The van der Waals surface area contributed by atoms with Gasteiger partial charge in [-0.1, -0.05) is 38.0 Å². The third-order valence-electron chi connectivity index (χ3n) is 6.10. The Bertz CT molecular complexity index is 953. The van der Waals surface area contributed by atoms with E-state index in [4.69, 9.17) is 20.9 Å². The zero-order chi connectivity index (χ0) is 23.8. The maximum absolute atomic E-state index is 14.6. The van der Waals surface area contributed by atoms with E-state index < -0.39 is 18.0 Å². The first-order valence-corrected chi connectivity index (χ1v) is 11.4. The molecule has 178 valence electrons. The van der Waals surface area contributed by atoms with Crippen LogP contribution in [0.5, 0.6) is 5.75 Å². The smallest absolute Gasteiger partial charge is 0.400 e. The van der Waals surface area contributed by atoms with Crippen LogP contribution < -0.4 is 16.2 Å². The molecule has 0 heterocycles. The van der Waals surface area contributed by atoms with Gasteiger partial charge in [-0.25, -0.2) is 4.79 Å². The molecule has 0 radical (unpaired) electrons. The number of hydrogen-bond acceptors (Lipinski definition) is 5. The second-order valence-electron chi connectivity index (χ2n) is 8.64. The van der Waals surface area contributed by atoms with Crippen molar-refractivity contribution in [3.63, 3.8) is 0 Å². The molecule has 5 nitrogen and oxygen atoms in total. The lowest BCUT2D eigenvalue weighted by Gasteiger charge is -2.33. The monoisotopic (exact) mass is 458 g/mol. The highest BCUT2D eigenvalue weighted by atomic mass is 19.3. The van der Waals surface area contributed by atoms with Crippen molar-refractivity contribution >= 4 is 23.4 Å². The van der Waals surface area contributed by atoms with Gasteiger partial charge < -0.3 is 20.9 Å². The third-order valence-corrected chi connectivity index (χ3v) is 6.10. The Labute approximate surface area is 193 Å². The van der Waals surface area contributed by atoms with Gasteiger partial charge in [-0.15, -0.1) is 0 Å². The van der Waals surface area contributed by atoms with Gasteiger partial charge in [-0.05, 0) is 67.5 Å². The number of rotatable bonds is 9. The van der Waals surface area contributed by atoms with Crippen molar-refractivity contribution in [3.05, 3.63) is 59.7 Å². The lowest BCUT2D eigenvalue weighted by molar-refractivity contribution is -0.223. The maximum Gasteiger partial charge on any atom is 0.400 e. The number of hydrogen-bond donors (Lipinski definition) is 2. The summed E-state index contributed by atoms with van der Waals surface area (Å²) in [6.07, 6.45) is 4.48. The Morgan fingerprint density at radius 1 is 1.09 bits per heavy atom. The summed E-state index contributed by atoms with van der Waals surface area (Å²) in [5, 5.41) is 0. The van der Waals surface area contributed by atoms with Crippen LogP contribution in [0.1, 0.15) is 56.6 Å². The molecule has 1 aliphatic rings. The van der Waals surface area contributed by atoms with Crippen molar-refractivity contribution in [3.8, 4) is 5.75 Å². The van der Waals surface area contributed by atoms with Gasteiger partial charge in [0.05, 0.1) is 5.92 Å². The van der Waals surface area contributed by atoms with Gasteiger partial charge in [0.25, 0.3) is 0 Å². The molecule has 2 aromatic rings. The minimum atomic E-state index is -3.19. The molecule has 4 N–H and O–H groups in total. The zero-order valence-corrected chi connectivity index (χ0v) is 18.9. The number of alkyl halides is 2. The van der Waals surface area contributed by atoms with E-state index in [2.05, 4.69) is 6.92 Å². The predicted octanol–water partition coefficient (Wildman–Crippen LogP) is 6.19. The summed E-state index contributed by atoms with van der Waals surface area (Å²) in [5.74, 6) is -0.635. The molecule has 3 rings (SSSR count). The van der Waals surface area contributed by atoms with E-state index in [0.29, 0.717) is 41.3 Å². The Morgan fingerprint density at radius 2 is 1.79 bits per heavy atom. The molecule has 0 aromatic heterocycles. The van der Waals surface area contributed by atoms with Gasteiger partial charge in [-0.2, -0.15) is 8.78 Å². The average Bonchev–Trinajstić information content (AvgIpc) is 2.78. The second-order valence-corrected chi connectivity index (χ2v) is 8.64. The lowest BCUT2D eigenvalue weighted by atomic mass is 9.79. The Kier molecular flexibility index (Phi) is 8.31. The highest BCUT2D eigenvalue weighted by Crippen LogP contribution is 2.41. The molecule has 0 bridgehead atoms. The largest absolute Gasteiger partial charge is 0.458 e. The molecule has 1 fully saturated rings. The number of anilines is 2. The molecule has 0 amide bonds. The number of carbonyl (C=O) groups is 1. The summed E-state index contributed by atoms with van der Waals surface area (Å²) in [6, 6.07) is 11.2. The molecule has 0 spiro atoms. The van der Waals surface area contributed by atoms with Crippen LogP contribution in [0, 0.1) is 11.8 Å². The van der Waals surface area contributed by atoms with Crippen molar-refractivity contribution in [1.82, 2.24) is 0 Å². The van der Waals surface area contributed by atoms with E-state index in [1.807, 2.05) is 0 Å². The van der Waals surface area contributed by atoms with Crippen LogP contribution in [0.15, 0.2) is 48.5 Å². The van der Waals surface area contributed by atoms with Crippen LogP contribution in [0.25, 0.3) is 6.08 Å². The zero-order valence-electron chi connectivity index (χ0n) is 18.9. The number of ether oxygens (including phenoxy) is 2. The number of nitrogen functional groups attached to an aromatic ring is 2. The van der Waals surface area contributed by atoms with Crippen molar-refractivity contribution in [2.45, 2.75) is 58.2 Å². The van der Waals surface area contributed by atoms with Crippen LogP contribution in [0.3, 0.4) is 0 Å². The SMILES string of the molecule is CCCC1CCC(C(F)(F)Oc2ccc(/C=C/C(=O)OCc3ccc(N)cc3N)cc2)CC1. The fourth-order valence-electron chi connectivity index (χ4n) is 4.19. The lowest BCUT2D eigenvalue weighted by Crippen LogP contribution is -2.37. The Morgan fingerprint density at radius 3 is 2.42 bits per heavy atom. The molecule has 1 saturated carbocycles. The molecule has 0 unspecified atom stereocenters. The van der Waals surface area contributed by atoms with E-state index >= 15 is 0 Å².